The second-order valence-corrected chi connectivity index (χ2v) is 19.4. The molecule has 15 nitrogen and oxygen atoms in total. The van der Waals surface area contributed by atoms with Crippen molar-refractivity contribution in [3.8, 4) is 22.4 Å². The number of hydrogen-bond donors (Lipinski definition) is 3. The zero-order valence-corrected chi connectivity index (χ0v) is 38.3. The molecule has 1 atom stereocenters. The van der Waals surface area contributed by atoms with E-state index in [4.69, 9.17) is 9.62 Å². The Morgan fingerprint density at radius 2 is 1.63 bits per heavy atom. The van der Waals surface area contributed by atoms with Gasteiger partial charge in [0.25, 0.3) is 5.91 Å². The summed E-state index contributed by atoms with van der Waals surface area (Å²) in [5, 5.41) is 18.1. The van der Waals surface area contributed by atoms with Gasteiger partial charge in [0, 0.05) is 93.4 Å². The van der Waals surface area contributed by atoms with Crippen LogP contribution in [0.25, 0.3) is 33.3 Å². The first-order valence-corrected chi connectivity index (χ1v) is 23.2. The Bertz CT molecular complexity index is 2890. The molecule has 6 heterocycles. The zero-order chi connectivity index (χ0) is 46.6. The Kier molecular flexibility index (Phi) is 11.7. The second-order valence-electron chi connectivity index (χ2n) is 19.4. The molecule has 346 valence electrons. The van der Waals surface area contributed by atoms with Crippen molar-refractivity contribution < 1.29 is 28.1 Å². The van der Waals surface area contributed by atoms with Crippen molar-refractivity contribution in [2.75, 3.05) is 44.2 Å². The predicted molar refractivity (Wildman–Crippen MR) is 250 cm³/mol. The zero-order valence-electron chi connectivity index (χ0n) is 38.3. The van der Waals surface area contributed by atoms with Crippen LogP contribution in [0.15, 0.2) is 77.3 Å². The highest BCUT2D eigenvalue weighted by molar-refractivity contribution is 6.05. The number of fused-ring (bicyclic) bond motifs is 2. The third-order valence-corrected chi connectivity index (χ3v) is 13.9. The van der Waals surface area contributed by atoms with Gasteiger partial charge in [-0.3, -0.25) is 39.4 Å². The first-order chi connectivity index (χ1) is 32.2. The van der Waals surface area contributed by atoms with Crippen molar-refractivity contribution >= 4 is 40.2 Å². The number of amides is 4. The molecule has 0 radical (unpaired) electrons. The molecule has 4 aliphatic rings. The van der Waals surface area contributed by atoms with Crippen molar-refractivity contribution in [1.29, 1.82) is 0 Å². The number of rotatable bonds is 10. The van der Waals surface area contributed by atoms with E-state index in [1.165, 1.54) is 16.7 Å². The average Bonchev–Trinajstić information content (AvgIpc) is 4.07. The van der Waals surface area contributed by atoms with Gasteiger partial charge < -0.3 is 19.6 Å². The molecular formula is C51H55FN10O5. The van der Waals surface area contributed by atoms with Crippen molar-refractivity contribution in [3.63, 3.8) is 0 Å². The summed E-state index contributed by atoms with van der Waals surface area (Å²) in [5.41, 5.74) is 9.42. The van der Waals surface area contributed by atoms with Crippen molar-refractivity contribution in [2.45, 2.75) is 90.5 Å². The number of aromatic nitrogens is 4. The Morgan fingerprint density at radius 3 is 2.34 bits per heavy atom. The summed E-state index contributed by atoms with van der Waals surface area (Å²) < 4.78 is 20.6. The van der Waals surface area contributed by atoms with E-state index in [2.05, 4.69) is 89.1 Å². The number of nitrogens with zero attached hydrogens (tertiary/aromatic N) is 7. The fourth-order valence-corrected chi connectivity index (χ4v) is 10.0. The van der Waals surface area contributed by atoms with Gasteiger partial charge in [-0.1, -0.05) is 62.3 Å². The lowest BCUT2D eigenvalue weighted by Gasteiger charge is -2.43. The Labute approximate surface area is 388 Å². The molecule has 4 amide bonds. The number of aryl methyl sites for hydroxylation is 1. The van der Waals surface area contributed by atoms with Gasteiger partial charge in [0.1, 0.15) is 11.9 Å². The van der Waals surface area contributed by atoms with Gasteiger partial charge in [-0.2, -0.15) is 10.1 Å². The van der Waals surface area contributed by atoms with Gasteiger partial charge in [0.15, 0.2) is 5.82 Å². The van der Waals surface area contributed by atoms with E-state index in [0.29, 0.717) is 30.5 Å². The normalized spacial score (nSPS) is 18.8. The molecule has 4 aliphatic heterocycles. The van der Waals surface area contributed by atoms with E-state index in [1.54, 1.807) is 0 Å². The quantitative estimate of drug-likeness (QED) is 0.128. The first-order valence-electron chi connectivity index (χ1n) is 23.2. The van der Waals surface area contributed by atoms with E-state index in [-0.39, 0.29) is 42.2 Å². The molecule has 4 aromatic carbocycles. The fourth-order valence-electron chi connectivity index (χ4n) is 10.0. The van der Waals surface area contributed by atoms with Crippen LogP contribution < -0.4 is 15.5 Å². The van der Waals surface area contributed by atoms with Crippen LogP contribution >= 0.6 is 0 Å². The van der Waals surface area contributed by atoms with Crippen LogP contribution in [0.3, 0.4) is 0 Å². The van der Waals surface area contributed by atoms with Crippen molar-refractivity contribution in [2.24, 2.45) is 0 Å². The number of imide groups is 1. The molecule has 16 heteroatoms. The molecule has 0 spiro atoms. The summed E-state index contributed by atoms with van der Waals surface area (Å²) in [7, 11) is 0. The number of piperazine rings is 1. The molecule has 0 saturated carbocycles. The molecule has 2 aromatic heterocycles. The number of hydrogen-bond acceptors (Lipinski definition) is 11. The molecule has 10 rings (SSSR count). The Hall–Kier alpha value is -6.78. The summed E-state index contributed by atoms with van der Waals surface area (Å²) in [6.45, 7) is 14.6. The lowest BCUT2D eigenvalue weighted by Crippen LogP contribution is -2.53. The summed E-state index contributed by atoms with van der Waals surface area (Å²) in [5.74, 6) is -1.85. The highest BCUT2D eigenvalue weighted by Crippen LogP contribution is 2.34. The number of halogens is 1. The fraction of sp³-hybridized carbons (Fsp3) is 0.392. The monoisotopic (exact) mass is 906 g/mol. The third-order valence-electron chi connectivity index (χ3n) is 13.9. The second kappa shape index (κ2) is 17.8. The summed E-state index contributed by atoms with van der Waals surface area (Å²) in [4.78, 5) is 63.1. The maximum absolute atomic E-state index is 15.4. The molecule has 3 fully saturated rings. The Balaban J connectivity index is 0.711. The van der Waals surface area contributed by atoms with Gasteiger partial charge in [-0.15, -0.1) is 0 Å². The highest BCUT2D eigenvalue weighted by Gasteiger charge is 2.41. The van der Waals surface area contributed by atoms with E-state index >= 15 is 4.39 Å². The molecule has 67 heavy (non-hydrogen) atoms. The smallest absolute Gasteiger partial charge is 0.315 e. The lowest BCUT2D eigenvalue weighted by molar-refractivity contribution is -0.136. The number of carbonyl (C=O) groups is 4. The predicted octanol–water partition coefficient (Wildman–Crippen LogP) is 6.50. The first kappa shape index (κ1) is 44.1. The van der Waals surface area contributed by atoms with Crippen LogP contribution in [0, 0.1) is 12.7 Å². The van der Waals surface area contributed by atoms with Gasteiger partial charge in [-0.05, 0) is 96.0 Å². The lowest BCUT2D eigenvalue weighted by atomic mass is 9.96. The van der Waals surface area contributed by atoms with E-state index in [0.717, 1.165) is 102 Å². The minimum absolute atomic E-state index is 0.0393. The van der Waals surface area contributed by atoms with Crippen molar-refractivity contribution in [3.05, 3.63) is 118 Å². The van der Waals surface area contributed by atoms with Crippen molar-refractivity contribution in [1.82, 2.24) is 45.7 Å². The maximum atomic E-state index is 15.4. The SMILES string of the molecule is Cc1cc(-c2n[nH]c3ccc(-c4ccc(N5CCC(N6CCN(Cc7cc(F)c8c(c7)CN(C7CCC(=O)NC7=O)C8=O)CC6)CC5)cc4)cc23)ccc1CNC(=O)c1nc(C(C)(C)C)no1. The maximum Gasteiger partial charge on any atom is 0.315 e. The number of piperidine rings is 2. The summed E-state index contributed by atoms with van der Waals surface area (Å²) in [6.07, 6.45) is 2.58. The van der Waals surface area contributed by atoms with Crippen LogP contribution in [0.1, 0.15) is 95.6 Å². The number of benzene rings is 4. The number of nitrogens with one attached hydrogen (secondary N) is 3. The van der Waals surface area contributed by atoms with E-state index in [9.17, 15) is 19.2 Å². The number of carbonyl (C=O) groups excluding carboxylic acids is 4. The van der Waals surface area contributed by atoms with Crippen LogP contribution in [-0.2, 0) is 34.6 Å². The molecule has 3 N–H and O–H groups in total. The van der Waals surface area contributed by atoms with E-state index < -0.39 is 29.6 Å². The van der Waals surface area contributed by atoms with E-state index in [1.807, 2.05) is 45.9 Å². The molecular weight excluding hydrogens is 852 g/mol. The topological polar surface area (TPSA) is 173 Å². The molecule has 0 bridgehead atoms. The third kappa shape index (κ3) is 8.95. The van der Waals surface area contributed by atoms with Gasteiger partial charge >= 0.3 is 11.8 Å². The molecule has 1 unspecified atom stereocenters. The minimum atomic E-state index is -0.765. The molecule has 3 saturated heterocycles. The van der Waals surface area contributed by atoms with Crippen LogP contribution in [0.5, 0.6) is 0 Å². The van der Waals surface area contributed by atoms with Gasteiger partial charge in [0.05, 0.1) is 16.8 Å². The van der Waals surface area contributed by atoms with Gasteiger partial charge in [-0.25, -0.2) is 4.39 Å². The number of aromatic amines is 1. The highest BCUT2D eigenvalue weighted by atomic mass is 19.1. The standard InChI is InChI=1S/C51H55FN10O5/c1-30-23-34(5-6-35(30)27-53-47(65)48-55-50(58-67-48)51(2,3)4)45-39-26-33(9-12-41(39)56-57-45)32-7-10-37(11-8-32)60-17-15-38(16-18-60)61-21-19-59(20-22-61)28-31-24-36-29-62(49(66)44(36)40(52)25-31)42-13-14-43(63)54-46(42)64/h5-12,23-26,38,42H,13-22,27-29H2,1-4H3,(H,53,65)(H,56,57)(H,54,63,64). The minimum Gasteiger partial charge on any atom is -0.371 e. The van der Waals surface area contributed by atoms with Gasteiger partial charge in [0.2, 0.25) is 11.8 Å². The summed E-state index contributed by atoms with van der Waals surface area (Å²) in [6, 6.07) is 24.5. The average molecular weight is 907 g/mol. The Morgan fingerprint density at radius 1 is 0.881 bits per heavy atom. The molecule has 6 aromatic rings. The number of anilines is 1. The largest absolute Gasteiger partial charge is 0.371 e. The summed E-state index contributed by atoms with van der Waals surface area (Å²) >= 11 is 0. The number of H-pyrrole nitrogens is 1. The van der Waals surface area contributed by atoms with Crippen LogP contribution in [0.2, 0.25) is 0 Å². The van der Waals surface area contributed by atoms with Crippen LogP contribution in [-0.4, -0.2) is 110 Å². The molecule has 0 aliphatic carbocycles. The van der Waals surface area contributed by atoms with Crippen LogP contribution in [0.4, 0.5) is 10.1 Å².